The van der Waals surface area contributed by atoms with E-state index in [1.54, 1.807) is 36.4 Å². The minimum Gasteiger partial charge on any atom is -0.466 e. The van der Waals surface area contributed by atoms with E-state index in [1.165, 1.54) is 24.7 Å². The van der Waals surface area contributed by atoms with Crippen LogP contribution >= 0.6 is 11.3 Å². The summed E-state index contributed by atoms with van der Waals surface area (Å²) in [7, 11) is 1.31. The molecule has 7 heteroatoms. The Bertz CT molecular complexity index is 883. The number of benzene rings is 1. The van der Waals surface area contributed by atoms with Gasteiger partial charge in [-0.1, -0.05) is 0 Å². The number of esters is 1. The third-order valence-electron chi connectivity index (χ3n) is 3.76. The van der Waals surface area contributed by atoms with Crippen LogP contribution in [0.25, 0.3) is 0 Å². The molecular weight excluding hydrogens is 354 g/mol. The first kappa shape index (κ1) is 17.9. The van der Waals surface area contributed by atoms with E-state index in [0.29, 0.717) is 23.4 Å². The van der Waals surface area contributed by atoms with Gasteiger partial charge in [-0.15, -0.1) is 11.3 Å². The fraction of sp³-hybridized carbons (Fsp3) is 0.158. The molecule has 26 heavy (non-hydrogen) atoms. The van der Waals surface area contributed by atoms with Crippen molar-refractivity contribution in [1.29, 1.82) is 0 Å². The molecule has 2 N–H and O–H groups in total. The zero-order chi connectivity index (χ0) is 18.5. The molecule has 2 aromatic heterocycles. The highest BCUT2D eigenvalue weighted by Crippen LogP contribution is 2.28. The second-order valence-electron chi connectivity index (χ2n) is 5.47. The second kappa shape index (κ2) is 7.99. The zero-order valence-electron chi connectivity index (χ0n) is 14.0. The molecule has 0 aliphatic heterocycles. The number of hydrogen-bond acceptors (Lipinski definition) is 6. The maximum absolute atomic E-state index is 12.2. The maximum atomic E-state index is 12.2. The van der Waals surface area contributed by atoms with Crippen LogP contribution in [-0.4, -0.2) is 24.1 Å². The first-order chi connectivity index (χ1) is 12.6. The van der Waals surface area contributed by atoms with Gasteiger partial charge in [0.15, 0.2) is 0 Å². The van der Waals surface area contributed by atoms with Gasteiger partial charge in [0.1, 0.15) is 11.9 Å². The second-order valence-corrected chi connectivity index (χ2v) is 6.67. The standard InChI is InChI=1S/C19H17NO5S/c1-24-19(23)13-6-4-12(5-7-13)18(22)20-11-14-8-9-16(26-14)17(21)15-3-2-10-25-15/h2-10,17,21H,11H2,1H3,(H,20,22)/t17-/m1/s1. The molecule has 6 nitrogen and oxygen atoms in total. The lowest BCUT2D eigenvalue weighted by molar-refractivity contribution is 0.0600. The van der Waals surface area contributed by atoms with Crippen LogP contribution in [0.15, 0.2) is 59.2 Å². The van der Waals surface area contributed by atoms with Crippen LogP contribution in [0.2, 0.25) is 0 Å². The normalized spacial score (nSPS) is 11.8. The number of hydrogen-bond donors (Lipinski definition) is 2. The van der Waals surface area contributed by atoms with Crippen molar-refractivity contribution in [2.45, 2.75) is 12.6 Å². The third-order valence-corrected chi connectivity index (χ3v) is 4.89. The Kier molecular flexibility index (Phi) is 5.50. The minimum atomic E-state index is -0.815. The van der Waals surface area contributed by atoms with E-state index >= 15 is 0 Å². The summed E-state index contributed by atoms with van der Waals surface area (Å²) in [4.78, 5) is 25.3. The maximum Gasteiger partial charge on any atom is 0.337 e. The topological polar surface area (TPSA) is 88.8 Å². The van der Waals surface area contributed by atoms with Crippen LogP contribution < -0.4 is 5.32 Å². The van der Waals surface area contributed by atoms with E-state index in [1.807, 2.05) is 12.1 Å². The number of amides is 1. The fourth-order valence-corrected chi connectivity index (χ4v) is 3.32. The summed E-state index contributed by atoms with van der Waals surface area (Å²) < 4.78 is 9.83. The summed E-state index contributed by atoms with van der Waals surface area (Å²) >= 11 is 1.40. The Balaban J connectivity index is 1.59. The summed E-state index contributed by atoms with van der Waals surface area (Å²) in [6.07, 6.45) is 0.698. The number of carbonyl (C=O) groups is 2. The molecule has 0 spiro atoms. The van der Waals surface area contributed by atoms with Crippen molar-refractivity contribution in [2.75, 3.05) is 7.11 Å². The van der Waals surface area contributed by atoms with Crippen molar-refractivity contribution >= 4 is 23.2 Å². The monoisotopic (exact) mass is 371 g/mol. The highest BCUT2D eigenvalue weighted by Gasteiger charge is 2.16. The van der Waals surface area contributed by atoms with Crippen molar-refractivity contribution in [1.82, 2.24) is 5.32 Å². The molecular formula is C19H17NO5S. The van der Waals surface area contributed by atoms with E-state index in [2.05, 4.69) is 10.1 Å². The Hall–Kier alpha value is -2.90. The number of ether oxygens (including phenoxy) is 1. The average Bonchev–Trinajstić information content (AvgIpc) is 3.37. The van der Waals surface area contributed by atoms with Crippen LogP contribution in [0.5, 0.6) is 0 Å². The molecule has 3 aromatic rings. The number of nitrogens with one attached hydrogen (secondary N) is 1. The third kappa shape index (κ3) is 4.01. The minimum absolute atomic E-state index is 0.247. The lowest BCUT2D eigenvalue weighted by Crippen LogP contribution is -2.22. The number of furan rings is 1. The Morgan fingerprint density at radius 2 is 1.88 bits per heavy atom. The Morgan fingerprint density at radius 1 is 1.15 bits per heavy atom. The molecule has 1 atom stereocenters. The molecule has 134 valence electrons. The molecule has 1 aromatic carbocycles. The highest BCUT2D eigenvalue weighted by molar-refractivity contribution is 7.12. The van der Waals surface area contributed by atoms with Gasteiger partial charge in [-0.2, -0.15) is 0 Å². The molecule has 0 fully saturated rings. The zero-order valence-corrected chi connectivity index (χ0v) is 14.8. The van der Waals surface area contributed by atoms with Gasteiger partial charge in [0.2, 0.25) is 0 Å². The number of carbonyl (C=O) groups excluding carboxylic acids is 2. The van der Waals surface area contributed by atoms with Crippen molar-refractivity contribution in [3.63, 3.8) is 0 Å². The number of aliphatic hydroxyl groups excluding tert-OH is 1. The van der Waals surface area contributed by atoms with Crippen molar-refractivity contribution in [3.8, 4) is 0 Å². The van der Waals surface area contributed by atoms with Gasteiger partial charge in [-0.25, -0.2) is 4.79 Å². The molecule has 0 bridgehead atoms. The molecule has 0 aliphatic carbocycles. The lowest BCUT2D eigenvalue weighted by Gasteiger charge is -2.05. The van der Waals surface area contributed by atoms with Crippen LogP contribution in [0.3, 0.4) is 0 Å². The van der Waals surface area contributed by atoms with E-state index in [9.17, 15) is 14.7 Å². The van der Waals surface area contributed by atoms with E-state index in [0.717, 1.165) is 9.75 Å². The van der Waals surface area contributed by atoms with Crippen LogP contribution in [-0.2, 0) is 11.3 Å². The first-order valence-corrected chi connectivity index (χ1v) is 8.67. The van der Waals surface area contributed by atoms with Gasteiger partial charge in [-0.05, 0) is 48.5 Å². The quantitative estimate of drug-likeness (QED) is 0.650. The van der Waals surface area contributed by atoms with E-state index in [-0.39, 0.29) is 5.91 Å². The summed E-state index contributed by atoms with van der Waals surface area (Å²) in [5.41, 5.74) is 0.837. The Labute approximate surface area is 154 Å². The molecule has 0 saturated heterocycles. The van der Waals surface area contributed by atoms with Crippen LogP contribution in [0.1, 0.15) is 42.3 Å². The first-order valence-electron chi connectivity index (χ1n) is 7.85. The molecule has 0 unspecified atom stereocenters. The van der Waals surface area contributed by atoms with Gasteiger partial charge in [0, 0.05) is 15.3 Å². The summed E-state index contributed by atoms with van der Waals surface area (Å²) in [5, 5.41) is 13.0. The fourth-order valence-electron chi connectivity index (χ4n) is 2.37. The molecule has 2 heterocycles. The highest BCUT2D eigenvalue weighted by atomic mass is 32.1. The van der Waals surface area contributed by atoms with E-state index in [4.69, 9.17) is 4.42 Å². The van der Waals surface area contributed by atoms with Gasteiger partial charge >= 0.3 is 5.97 Å². The summed E-state index contributed by atoms with van der Waals surface area (Å²) in [5.74, 6) is -0.214. The van der Waals surface area contributed by atoms with Crippen molar-refractivity contribution in [2.24, 2.45) is 0 Å². The summed E-state index contributed by atoms with van der Waals surface area (Å²) in [6, 6.07) is 13.3. The van der Waals surface area contributed by atoms with E-state index < -0.39 is 12.1 Å². The lowest BCUT2D eigenvalue weighted by atomic mass is 10.1. The van der Waals surface area contributed by atoms with Gasteiger partial charge in [0.25, 0.3) is 5.91 Å². The average molecular weight is 371 g/mol. The SMILES string of the molecule is COC(=O)c1ccc(C(=O)NCc2ccc([C@H](O)c3ccco3)s2)cc1. The summed E-state index contributed by atoms with van der Waals surface area (Å²) in [6.45, 7) is 0.340. The number of rotatable bonds is 6. The molecule has 0 saturated carbocycles. The van der Waals surface area contributed by atoms with Crippen molar-refractivity contribution in [3.05, 3.63) is 81.4 Å². The van der Waals surface area contributed by atoms with Gasteiger partial charge < -0.3 is 19.6 Å². The molecule has 1 amide bonds. The largest absolute Gasteiger partial charge is 0.466 e. The number of thiophene rings is 1. The van der Waals surface area contributed by atoms with Crippen LogP contribution in [0.4, 0.5) is 0 Å². The van der Waals surface area contributed by atoms with Crippen LogP contribution in [0, 0.1) is 0 Å². The van der Waals surface area contributed by atoms with Crippen molar-refractivity contribution < 1.29 is 23.8 Å². The predicted molar refractivity (Wildman–Crippen MR) is 96.0 cm³/mol. The molecule has 3 rings (SSSR count). The van der Waals surface area contributed by atoms with Gasteiger partial charge in [0.05, 0.1) is 25.5 Å². The Morgan fingerprint density at radius 3 is 2.54 bits per heavy atom. The van der Waals surface area contributed by atoms with Gasteiger partial charge in [-0.3, -0.25) is 4.79 Å². The number of methoxy groups -OCH3 is 1. The smallest absolute Gasteiger partial charge is 0.337 e. The number of aliphatic hydroxyl groups is 1. The predicted octanol–water partition coefficient (Wildman–Crippen LogP) is 3.14. The molecule has 0 radical (unpaired) electrons. The molecule has 0 aliphatic rings.